The van der Waals surface area contributed by atoms with E-state index in [-0.39, 0.29) is 18.0 Å². The molecular weight excluding hydrogens is 304 g/mol. The van der Waals surface area contributed by atoms with Crippen LogP contribution < -0.4 is 5.32 Å². The van der Waals surface area contributed by atoms with Crippen LogP contribution in [0.3, 0.4) is 0 Å². The highest BCUT2D eigenvalue weighted by atomic mass is 16.2. The topological polar surface area (TPSA) is 65.5 Å². The van der Waals surface area contributed by atoms with Gasteiger partial charge in [-0.05, 0) is 43.4 Å². The molecule has 132 valence electrons. The minimum absolute atomic E-state index is 0.00537. The van der Waals surface area contributed by atoms with Gasteiger partial charge in [0.25, 0.3) is 0 Å². The number of nitrogens with zero attached hydrogens (tertiary/aromatic N) is 3. The van der Waals surface area contributed by atoms with Gasteiger partial charge in [0, 0.05) is 45.5 Å². The maximum Gasteiger partial charge on any atom is 0.317 e. The van der Waals surface area contributed by atoms with Crippen molar-refractivity contribution < 1.29 is 9.59 Å². The van der Waals surface area contributed by atoms with Crippen LogP contribution in [0.15, 0.2) is 24.5 Å². The number of amides is 3. The number of likely N-dealkylation sites (tertiary alicyclic amines) is 1. The lowest BCUT2D eigenvalue weighted by atomic mass is 10.1. The number of hydrogen-bond acceptors (Lipinski definition) is 3. The summed E-state index contributed by atoms with van der Waals surface area (Å²) < 4.78 is 0. The normalized spacial score (nSPS) is 15.7. The van der Waals surface area contributed by atoms with Crippen molar-refractivity contribution in [2.45, 2.75) is 45.1 Å². The van der Waals surface area contributed by atoms with E-state index in [4.69, 9.17) is 0 Å². The van der Waals surface area contributed by atoms with Crippen LogP contribution in [-0.4, -0.2) is 53.4 Å². The molecule has 0 bridgehead atoms. The molecule has 0 unspecified atom stereocenters. The molecule has 0 aromatic carbocycles. The second kappa shape index (κ2) is 9.25. The predicted octanol–water partition coefficient (Wildman–Crippen LogP) is 2.58. The van der Waals surface area contributed by atoms with E-state index in [2.05, 4.69) is 17.2 Å². The van der Waals surface area contributed by atoms with Gasteiger partial charge in [0.05, 0.1) is 6.04 Å². The number of carbonyl (C=O) groups is 2. The molecule has 1 aromatic heterocycles. The van der Waals surface area contributed by atoms with Gasteiger partial charge in [-0.15, -0.1) is 0 Å². The van der Waals surface area contributed by atoms with Crippen LogP contribution in [0.25, 0.3) is 0 Å². The Morgan fingerprint density at radius 1 is 1.25 bits per heavy atom. The fourth-order valence-electron chi connectivity index (χ4n) is 3.16. The van der Waals surface area contributed by atoms with Gasteiger partial charge in [-0.25, -0.2) is 4.79 Å². The quantitative estimate of drug-likeness (QED) is 0.871. The van der Waals surface area contributed by atoms with Crippen molar-refractivity contribution in [1.29, 1.82) is 0 Å². The summed E-state index contributed by atoms with van der Waals surface area (Å²) in [4.78, 5) is 32.1. The zero-order valence-electron chi connectivity index (χ0n) is 14.7. The first-order valence-electron chi connectivity index (χ1n) is 8.81. The average molecular weight is 332 g/mol. The molecule has 24 heavy (non-hydrogen) atoms. The maximum atomic E-state index is 12.3. The summed E-state index contributed by atoms with van der Waals surface area (Å²) in [5, 5.41) is 2.86. The Labute approximate surface area is 144 Å². The van der Waals surface area contributed by atoms with E-state index in [1.54, 1.807) is 24.3 Å². The van der Waals surface area contributed by atoms with Gasteiger partial charge in [0.15, 0.2) is 0 Å². The van der Waals surface area contributed by atoms with Gasteiger partial charge in [-0.1, -0.05) is 6.92 Å². The smallest absolute Gasteiger partial charge is 0.317 e. The Kier molecular flexibility index (Phi) is 7.03. The number of piperidine rings is 1. The Hall–Kier alpha value is -2.11. The first-order valence-corrected chi connectivity index (χ1v) is 8.81. The zero-order valence-corrected chi connectivity index (χ0v) is 14.7. The lowest BCUT2D eigenvalue weighted by Crippen LogP contribution is -2.42. The van der Waals surface area contributed by atoms with E-state index in [1.807, 2.05) is 17.0 Å². The molecule has 2 rings (SSSR count). The minimum atomic E-state index is -0.148. The van der Waals surface area contributed by atoms with Crippen LogP contribution in [0.5, 0.6) is 0 Å². The summed E-state index contributed by atoms with van der Waals surface area (Å²) >= 11 is 0. The number of aromatic nitrogens is 1. The van der Waals surface area contributed by atoms with Gasteiger partial charge in [-0.3, -0.25) is 9.78 Å². The van der Waals surface area contributed by atoms with E-state index in [9.17, 15) is 9.59 Å². The molecule has 6 nitrogen and oxygen atoms in total. The molecule has 2 heterocycles. The third-order valence-corrected chi connectivity index (χ3v) is 4.59. The van der Waals surface area contributed by atoms with Crippen LogP contribution in [-0.2, 0) is 4.79 Å². The fourth-order valence-corrected chi connectivity index (χ4v) is 3.16. The minimum Gasteiger partial charge on any atom is -0.343 e. The molecule has 0 aliphatic carbocycles. The summed E-state index contributed by atoms with van der Waals surface area (Å²) in [7, 11) is 1.79. The van der Waals surface area contributed by atoms with Crippen molar-refractivity contribution in [3.05, 3.63) is 30.1 Å². The van der Waals surface area contributed by atoms with Crippen LogP contribution in [0.2, 0.25) is 0 Å². The van der Waals surface area contributed by atoms with E-state index < -0.39 is 0 Å². The van der Waals surface area contributed by atoms with Crippen molar-refractivity contribution in [2.75, 3.05) is 26.7 Å². The highest BCUT2D eigenvalue weighted by Gasteiger charge is 2.21. The summed E-state index contributed by atoms with van der Waals surface area (Å²) in [5.74, 6) is 0.138. The largest absolute Gasteiger partial charge is 0.343 e. The molecule has 0 saturated carbocycles. The third kappa shape index (κ3) is 4.94. The number of hydrogen-bond donors (Lipinski definition) is 1. The van der Waals surface area contributed by atoms with Gasteiger partial charge in [-0.2, -0.15) is 0 Å². The van der Waals surface area contributed by atoms with Crippen LogP contribution >= 0.6 is 0 Å². The first kappa shape index (κ1) is 18.2. The number of nitrogens with one attached hydrogen (secondary N) is 1. The van der Waals surface area contributed by atoms with Crippen LogP contribution in [0, 0.1) is 0 Å². The fraction of sp³-hybridized carbons (Fsp3) is 0.611. The number of carbonyl (C=O) groups excluding carboxylic acids is 2. The monoisotopic (exact) mass is 332 g/mol. The Morgan fingerprint density at radius 3 is 2.54 bits per heavy atom. The SMILES string of the molecule is CC[C@@H](c1ccncc1)N(C)C(=O)NCCC(=O)N1CCCCC1. The molecule has 1 aliphatic heterocycles. The van der Waals surface area contributed by atoms with Gasteiger partial charge < -0.3 is 15.1 Å². The molecule has 0 radical (unpaired) electrons. The van der Waals surface area contributed by atoms with E-state index in [1.165, 1.54) is 6.42 Å². The van der Waals surface area contributed by atoms with Gasteiger partial charge in [0.1, 0.15) is 0 Å². The highest BCUT2D eigenvalue weighted by molar-refractivity contribution is 5.78. The van der Waals surface area contributed by atoms with Crippen LogP contribution in [0.1, 0.15) is 50.6 Å². The maximum absolute atomic E-state index is 12.3. The van der Waals surface area contributed by atoms with E-state index in [0.717, 1.165) is 37.9 Å². The Morgan fingerprint density at radius 2 is 1.92 bits per heavy atom. The molecule has 1 aliphatic rings. The second-order valence-corrected chi connectivity index (χ2v) is 6.24. The molecule has 1 atom stereocenters. The average Bonchev–Trinajstić information content (AvgIpc) is 2.63. The zero-order chi connectivity index (χ0) is 17.4. The van der Waals surface area contributed by atoms with E-state index >= 15 is 0 Å². The predicted molar refractivity (Wildman–Crippen MR) is 93.5 cm³/mol. The van der Waals surface area contributed by atoms with E-state index in [0.29, 0.717) is 13.0 Å². The van der Waals surface area contributed by atoms with Gasteiger partial charge >= 0.3 is 6.03 Å². The van der Waals surface area contributed by atoms with Crippen LogP contribution in [0.4, 0.5) is 4.79 Å². The lowest BCUT2D eigenvalue weighted by molar-refractivity contribution is -0.131. The van der Waals surface area contributed by atoms with Crippen molar-refractivity contribution in [2.24, 2.45) is 0 Å². The molecule has 6 heteroatoms. The molecule has 1 saturated heterocycles. The molecule has 0 spiro atoms. The van der Waals surface area contributed by atoms with Crippen molar-refractivity contribution in [3.8, 4) is 0 Å². The highest BCUT2D eigenvalue weighted by Crippen LogP contribution is 2.22. The van der Waals surface area contributed by atoms with Gasteiger partial charge in [0.2, 0.25) is 5.91 Å². The summed E-state index contributed by atoms with van der Waals surface area (Å²) in [6.07, 6.45) is 8.04. The number of pyridine rings is 1. The third-order valence-electron chi connectivity index (χ3n) is 4.59. The summed E-state index contributed by atoms with van der Waals surface area (Å²) in [6, 6.07) is 3.71. The number of urea groups is 1. The summed E-state index contributed by atoms with van der Waals surface area (Å²) in [6.45, 7) is 4.14. The molecule has 1 N–H and O–H groups in total. The standard InChI is InChI=1S/C18H28N4O2/c1-3-16(15-7-10-19-11-8-15)21(2)18(24)20-12-9-17(23)22-13-5-4-6-14-22/h7-8,10-11,16H,3-6,9,12-14H2,1-2H3,(H,20,24)/t16-/m0/s1. The molecule has 3 amide bonds. The lowest BCUT2D eigenvalue weighted by Gasteiger charge is -2.29. The first-order chi connectivity index (χ1) is 11.6. The molecular formula is C18H28N4O2. The second-order valence-electron chi connectivity index (χ2n) is 6.24. The Balaban J connectivity index is 1.79. The van der Waals surface area contributed by atoms with Crippen molar-refractivity contribution in [3.63, 3.8) is 0 Å². The van der Waals surface area contributed by atoms with Crippen molar-refractivity contribution in [1.82, 2.24) is 20.1 Å². The molecule has 1 aromatic rings. The summed E-state index contributed by atoms with van der Waals surface area (Å²) in [5.41, 5.74) is 1.06. The Bertz CT molecular complexity index is 529. The number of rotatable bonds is 6. The molecule has 1 fully saturated rings. The van der Waals surface area contributed by atoms with Crippen molar-refractivity contribution >= 4 is 11.9 Å².